The molecule has 1 amide bonds. The van der Waals surface area contributed by atoms with Crippen LogP contribution in [0, 0.1) is 0 Å². The molecule has 5 heteroatoms. The van der Waals surface area contributed by atoms with Crippen LogP contribution in [0.2, 0.25) is 0 Å². The Hall–Kier alpha value is -3.47. The lowest BCUT2D eigenvalue weighted by atomic mass is 10.2. The molecule has 3 aromatic rings. The van der Waals surface area contributed by atoms with Crippen molar-refractivity contribution in [3.05, 3.63) is 84.7 Å². The van der Waals surface area contributed by atoms with Crippen LogP contribution in [0.4, 0.5) is 5.69 Å². The number of para-hydroxylation sites is 1. The van der Waals surface area contributed by atoms with Crippen molar-refractivity contribution in [3.63, 3.8) is 0 Å². The van der Waals surface area contributed by atoms with Crippen molar-refractivity contribution in [2.24, 2.45) is 0 Å². The van der Waals surface area contributed by atoms with Crippen LogP contribution >= 0.6 is 0 Å². The van der Waals surface area contributed by atoms with E-state index in [2.05, 4.69) is 20.8 Å². The number of hydrogen-bond acceptors (Lipinski definition) is 4. The van der Waals surface area contributed by atoms with Gasteiger partial charge in [-0.05, 0) is 18.2 Å². The minimum atomic E-state index is -0.258. The molecule has 0 atom stereocenters. The number of nitrogens with zero attached hydrogens (tertiary/aromatic N) is 2. The summed E-state index contributed by atoms with van der Waals surface area (Å²) in [4.78, 5) is 20.4. The molecule has 0 aliphatic carbocycles. The van der Waals surface area contributed by atoms with Crippen molar-refractivity contribution in [2.75, 3.05) is 5.43 Å². The van der Waals surface area contributed by atoms with Crippen LogP contribution in [0.3, 0.4) is 0 Å². The maximum absolute atomic E-state index is 11.8. The third kappa shape index (κ3) is 4.27. The molecule has 2 aromatic carbocycles. The second-order valence-electron chi connectivity index (χ2n) is 5.02. The first-order valence-electron chi connectivity index (χ1n) is 7.48. The van der Waals surface area contributed by atoms with Gasteiger partial charge in [-0.1, -0.05) is 48.5 Å². The Kier molecular flexibility index (Phi) is 4.94. The fourth-order valence-electron chi connectivity index (χ4n) is 2.03. The van der Waals surface area contributed by atoms with Gasteiger partial charge in [0.05, 0.1) is 5.69 Å². The molecular weight excluding hydrogens is 300 g/mol. The second kappa shape index (κ2) is 7.69. The van der Waals surface area contributed by atoms with E-state index in [0.29, 0.717) is 5.82 Å². The van der Waals surface area contributed by atoms with Gasteiger partial charge < -0.3 is 0 Å². The topological polar surface area (TPSA) is 66.9 Å². The SMILES string of the molecule is O=C(C=Cc1cnc(-c2ccccc2)nc1)NNc1ccccc1. The summed E-state index contributed by atoms with van der Waals surface area (Å²) in [5.41, 5.74) is 7.94. The monoisotopic (exact) mass is 316 g/mol. The fraction of sp³-hybridized carbons (Fsp3) is 0. The van der Waals surface area contributed by atoms with Crippen molar-refractivity contribution in [3.8, 4) is 11.4 Å². The highest BCUT2D eigenvalue weighted by Crippen LogP contribution is 2.13. The third-order valence-corrected chi connectivity index (χ3v) is 3.23. The van der Waals surface area contributed by atoms with Crippen LogP contribution in [0.25, 0.3) is 17.5 Å². The predicted octanol–water partition coefficient (Wildman–Crippen LogP) is 3.30. The van der Waals surface area contributed by atoms with Gasteiger partial charge in [0.15, 0.2) is 5.82 Å². The van der Waals surface area contributed by atoms with Crippen molar-refractivity contribution in [1.29, 1.82) is 0 Å². The summed E-state index contributed by atoms with van der Waals surface area (Å²) in [5.74, 6) is 0.397. The van der Waals surface area contributed by atoms with Gasteiger partial charge in [0.2, 0.25) is 0 Å². The van der Waals surface area contributed by atoms with E-state index in [1.807, 2.05) is 60.7 Å². The van der Waals surface area contributed by atoms with E-state index in [9.17, 15) is 4.79 Å². The van der Waals surface area contributed by atoms with Crippen LogP contribution < -0.4 is 10.9 Å². The van der Waals surface area contributed by atoms with E-state index < -0.39 is 0 Å². The van der Waals surface area contributed by atoms with Crippen LogP contribution in [-0.4, -0.2) is 15.9 Å². The van der Waals surface area contributed by atoms with E-state index in [4.69, 9.17) is 0 Å². The number of anilines is 1. The van der Waals surface area contributed by atoms with Gasteiger partial charge in [0.25, 0.3) is 5.91 Å². The van der Waals surface area contributed by atoms with E-state index in [0.717, 1.165) is 16.8 Å². The number of carbonyl (C=O) groups excluding carboxylic acids is 1. The molecule has 24 heavy (non-hydrogen) atoms. The third-order valence-electron chi connectivity index (χ3n) is 3.23. The molecule has 0 saturated carbocycles. The molecular formula is C19H16N4O. The lowest BCUT2D eigenvalue weighted by Gasteiger charge is -2.05. The standard InChI is InChI=1S/C19H16N4O/c24-18(23-22-17-9-5-2-6-10-17)12-11-15-13-20-19(21-14-15)16-7-3-1-4-8-16/h1-14,22H,(H,23,24). The average molecular weight is 316 g/mol. The zero-order valence-electron chi connectivity index (χ0n) is 12.9. The predicted molar refractivity (Wildman–Crippen MR) is 94.7 cm³/mol. The molecule has 1 aromatic heterocycles. The molecule has 5 nitrogen and oxygen atoms in total. The molecule has 0 spiro atoms. The number of hydrogen-bond donors (Lipinski definition) is 2. The van der Waals surface area contributed by atoms with E-state index in [-0.39, 0.29) is 5.91 Å². The van der Waals surface area contributed by atoms with E-state index in [1.54, 1.807) is 18.5 Å². The van der Waals surface area contributed by atoms with Crippen LogP contribution in [0.5, 0.6) is 0 Å². The van der Waals surface area contributed by atoms with Gasteiger partial charge in [-0.3, -0.25) is 15.6 Å². The summed E-state index contributed by atoms with van der Waals surface area (Å²) in [5, 5.41) is 0. The maximum atomic E-state index is 11.8. The zero-order valence-corrected chi connectivity index (χ0v) is 12.9. The molecule has 0 radical (unpaired) electrons. The summed E-state index contributed by atoms with van der Waals surface area (Å²) in [7, 11) is 0. The molecule has 0 fully saturated rings. The molecule has 0 bridgehead atoms. The number of benzene rings is 2. The van der Waals surface area contributed by atoms with Crippen LogP contribution in [0.1, 0.15) is 5.56 Å². The molecule has 118 valence electrons. The zero-order chi connectivity index (χ0) is 16.6. The van der Waals surface area contributed by atoms with Crippen LogP contribution in [0.15, 0.2) is 79.1 Å². The number of carbonyl (C=O) groups is 1. The van der Waals surface area contributed by atoms with Gasteiger partial charge in [0.1, 0.15) is 0 Å². The molecule has 0 unspecified atom stereocenters. The molecule has 0 aliphatic rings. The Labute approximate surface area is 140 Å². The minimum Gasteiger partial charge on any atom is -0.298 e. The Morgan fingerprint density at radius 3 is 2.17 bits per heavy atom. The Balaban J connectivity index is 1.57. The first-order valence-corrected chi connectivity index (χ1v) is 7.48. The number of amides is 1. The highest BCUT2D eigenvalue weighted by Gasteiger charge is 2.00. The van der Waals surface area contributed by atoms with Crippen molar-refractivity contribution >= 4 is 17.7 Å². The van der Waals surface area contributed by atoms with Gasteiger partial charge in [-0.2, -0.15) is 0 Å². The quantitative estimate of drug-likeness (QED) is 0.560. The van der Waals surface area contributed by atoms with Gasteiger partial charge in [-0.25, -0.2) is 9.97 Å². The molecule has 0 saturated heterocycles. The summed E-state index contributed by atoms with van der Waals surface area (Å²) in [6.07, 6.45) is 6.46. The van der Waals surface area contributed by atoms with Gasteiger partial charge in [-0.15, -0.1) is 0 Å². The molecule has 0 aliphatic heterocycles. The summed E-state index contributed by atoms with van der Waals surface area (Å²) < 4.78 is 0. The Bertz CT molecular complexity index is 815. The van der Waals surface area contributed by atoms with Crippen molar-refractivity contribution in [1.82, 2.24) is 15.4 Å². The number of nitrogens with one attached hydrogen (secondary N) is 2. The van der Waals surface area contributed by atoms with Crippen LogP contribution in [-0.2, 0) is 4.79 Å². The summed E-state index contributed by atoms with van der Waals surface area (Å²) in [6, 6.07) is 19.1. The van der Waals surface area contributed by atoms with Crippen molar-refractivity contribution in [2.45, 2.75) is 0 Å². The van der Waals surface area contributed by atoms with E-state index in [1.165, 1.54) is 6.08 Å². The summed E-state index contributed by atoms with van der Waals surface area (Å²) in [6.45, 7) is 0. The Morgan fingerprint density at radius 1 is 0.875 bits per heavy atom. The first-order chi connectivity index (χ1) is 11.8. The van der Waals surface area contributed by atoms with E-state index >= 15 is 0 Å². The normalized spacial score (nSPS) is 10.5. The maximum Gasteiger partial charge on any atom is 0.262 e. The largest absolute Gasteiger partial charge is 0.298 e. The molecule has 1 heterocycles. The fourth-order valence-corrected chi connectivity index (χ4v) is 2.03. The van der Waals surface area contributed by atoms with Gasteiger partial charge >= 0.3 is 0 Å². The highest BCUT2D eigenvalue weighted by molar-refractivity contribution is 5.92. The summed E-state index contributed by atoms with van der Waals surface area (Å²) >= 11 is 0. The highest BCUT2D eigenvalue weighted by atomic mass is 16.2. The first kappa shape index (κ1) is 15.4. The Morgan fingerprint density at radius 2 is 1.50 bits per heavy atom. The average Bonchev–Trinajstić information content (AvgIpc) is 2.67. The number of hydrazine groups is 1. The number of aromatic nitrogens is 2. The lowest BCUT2D eigenvalue weighted by molar-refractivity contribution is -0.115. The van der Waals surface area contributed by atoms with Gasteiger partial charge in [0, 0.05) is 29.6 Å². The smallest absolute Gasteiger partial charge is 0.262 e. The molecule has 2 N–H and O–H groups in total. The second-order valence-corrected chi connectivity index (χ2v) is 5.02. The number of rotatable bonds is 5. The molecule has 3 rings (SSSR count). The minimum absolute atomic E-state index is 0.258. The lowest BCUT2D eigenvalue weighted by Crippen LogP contribution is -2.27. The van der Waals surface area contributed by atoms with Crippen molar-refractivity contribution < 1.29 is 4.79 Å².